The monoisotopic (exact) mass is 305 g/mol. The molecule has 0 aliphatic heterocycles. The summed E-state index contributed by atoms with van der Waals surface area (Å²) in [7, 11) is 1.59. The lowest BCUT2D eigenvalue weighted by Gasteiger charge is -2.15. The predicted molar refractivity (Wildman–Crippen MR) is 83.2 cm³/mol. The molecule has 21 heavy (non-hydrogen) atoms. The van der Waals surface area contributed by atoms with E-state index in [9.17, 15) is 4.79 Å². The smallest absolute Gasteiger partial charge is 0.265 e. The van der Waals surface area contributed by atoms with Gasteiger partial charge >= 0.3 is 0 Å². The lowest BCUT2D eigenvalue weighted by Crippen LogP contribution is -2.30. The van der Waals surface area contributed by atoms with Crippen LogP contribution in [0.5, 0.6) is 11.5 Å². The minimum absolute atomic E-state index is 0.236. The molecule has 0 spiro atoms. The van der Waals surface area contributed by atoms with Crippen molar-refractivity contribution in [3.8, 4) is 11.5 Å². The minimum Gasteiger partial charge on any atom is -0.497 e. The van der Waals surface area contributed by atoms with Crippen LogP contribution in [0.25, 0.3) is 0 Å². The Kier molecular flexibility index (Phi) is 5.06. The molecule has 1 amide bonds. The molecule has 2 aromatic rings. The zero-order valence-corrected chi connectivity index (χ0v) is 12.6. The van der Waals surface area contributed by atoms with E-state index in [1.165, 1.54) is 0 Å². The first-order valence-electron chi connectivity index (χ1n) is 6.45. The Morgan fingerprint density at radius 2 is 1.86 bits per heavy atom. The van der Waals surface area contributed by atoms with Gasteiger partial charge in [-0.1, -0.05) is 17.7 Å². The molecule has 0 radical (unpaired) electrons. The third kappa shape index (κ3) is 4.39. The number of ether oxygens (including phenoxy) is 2. The van der Waals surface area contributed by atoms with Gasteiger partial charge in [-0.05, 0) is 49.4 Å². The highest BCUT2D eigenvalue weighted by Gasteiger charge is 2.15. The van der Waals surface area contributed by atoms with E-state index in [1.807, 2.05) is 0 Å². The van der Waals surface area contributed by atoms with Crippen LogP contribution in [0.2, 0.25) is 5.02 Å². The number of hydrogen-bond acceptors (Lipinski definition) is 3. The second-order valence-corrected chi connectivity index (χ2v) is 4.87. The van der Waals surface area contributed by atoms with Gasteiger partial charge in [0.25, 0.3) is 5.91 Å². The van der Waals surface area contributed by atoms with Crippen molar-refractivity contribution in [3.63, 3.8) is 0 Å². The Hall–Kier alpha value is -2.20. The van der Waals surface area contributed by atoms with Crippen LogP contribution in [-0.2, 0) is 4.79 Å². The molecule has 0 aliphatic carbocycles. The quantitative estimate of drug-likeness (QED) is 0.915. The maximum absolute atomic E-state index is 12.1. The molecule has 0 aromatic heterocycles. The molecule has 1 N–H and O–H groups in total. The summed E-state index contributed by atoms with van der Waals surface area (Å²) in [6.07, 6.45) is -0.634. The normalized spacial score (nSPS) is 11.6. The van der Waals surface area contributed by atoms with E-state index in [0.717, 1.165) is 5.75 Å². The number of nitrogens with one attached hydrogen (secondary N) is 1. The van der Waals surface area contributed by atoms with E-state index in [0.29, 0.717) is 16.5 Å². The highest BCUT2D eigenvalue weighted by Crippen LogP contribution is 2.19. The fourth-order valence-corrected chi connectivity index (χ4v) is 1.90. The molecule has 0 fully saturated rings. The summed E-state index contributed by atoms with van der Waals surface area (Å²) < 4.78 is 10.6. The highest BCUT2D eigenvalue weighted by molar-refractivity contribution is 6.30. The first kappa shape index (κ1) is 15.2. The van der Waals surface area contributed by atoms with Crippen LogP contribution in [0.1, 0.15) is 6.92 Å². The number of methoxy groups -OCH3 is 1. The third-order valence-corrected chi connectivity index (χ3v) is 3.07. The van der Waals surface area contributed by atoms with E-state index in [2.05, 4.69) is 5.32 Å². The molecular formula is C16H16ClNO3. The van der Waals surface area contributed by atoms with Gasteiger partial charge in [0.15, 0.2) is 6.10 Å². The Bertz CT molecular complexity index is 613. The van der Waals surface area contributed by atoms with E-state index < -0.39 is 6.10 Å². The predicted octanol–water partition coefficient (Wildman–Crippen LogP) is 3.75. The average molecular weight is 306 g/mol. The molecule has 0 unspecified atom stereocenters. The van der Waals surface area contributed by atoms with E-state index in [4.69, 9.17) is 21.1 Å². The lowest BCUT2D eigenvalue weighted by molar-refractivity contribution is -0.122. The Morgan fingerprint density at radius 1 is 1.14 bits per heavy atom. The molecule has 2 rings (SSSR count). The lowest BCUT2D eigenvalue weighted by atomic mass is 10.2. The molecular weight excluding hydrogens is 290 g/mol. The largest absolute Gasteiger partial charge is 0.497 e. The summed E-state index contributed by atoms with van der Waals surface area (Å²) in [5.74, 6) is 1.05. The first-order valence-corrected chi connectivity index (χ1v) is 6.83. The van der Waals surface area contributed by atoms with Crippen molar-refractivity contribution in [2.75, 3.05) is 12.4 Å². The molecule has 5 heteroatoms. The van der Waals surface area contributed by atoms with Crippen LogP contribution in [0.15, 0.2) is 48.5 Å². The number of carbonyl (C=O) groups is 1. The summed E-state index contributed by atoms with van der Waals surface area (Å²) in [4.78, 5) is 12.1. The minimum atomic E-state index is -0.634. The van der Waals surface area contributed by atoms with Crippen LogP contribution in [0.3, 0.4) is 0 Å². The van der Waals surface area contributed by atoms with Gasteiger partial charge in [-0.2, -0.15) is 0 Å². The van der Waals surface area contributed by atoms with Crippen molar-refractivity contribution >= 4 is 23.2 Å². The Balaban J connectivity index is 1.95. The number of halogens is 1. The molecule has 4 nitrogen and oxygen atoms in total. The maximum Gasteiger partial charge on any atom is 0.265 e. The zero-order valence-electron chi connectivity index (χ0n) is 11.8. The van der Waals surface area contributed by atoms with Crippen molar-refractivity contribution in [2.45, 2.75) is 13.0 Å². The van der Waals surface area contributed by atoms with Gasteiger partial charge in [0.05, 0.1) is 7.11 Å². The maximum atomic E-state index is 12.1. The molecule has 0 saturated heterocycles. The molecule has 1 atom stereocenters. The highest BCUT2D eigenvalue weighted by atomic mass is 35.5. The van der Waals surface area contributed by atoms with Gasteiger partial charge in [-0.15, -0.1) is 0 Å². The number of carbonyl (C=O) groups excluding carboxylic acids is 1. The van der Waals surface area contributed by atoms with Gasteiger partial charge < -0.3 is 14.8 Å². The van der Waals surface area contributed by atoms with Crippen LogP contribution in [-0.4, -0.2) is 19.1 Å². The molecule has 110 valence electrons. The second kappa shape index (κ2) is 6.99. The Morgan fingerprint density at radius 3 is 2.48 bits per heavy atom. The van der Waals surface area contributed by atoms with Gasteiger partial charge in [0, 0.05) is 10.7 Å². The average Bonchev–Trinajstić information content (AvgIpc) is 2.48. The van der Waals surface area contributed by atoms with E-state index in [1.54, 1.807) is 62.6 Å². The van der Waals surface area contributed by atoms with Gasteiger partial charge in [-0.25, -0.2) is 0 Å². The fraction of sp³-hybridized carbons (Fsp3) is 0.188. The topological polar surface area (TPSA) is 47.6 Å². The van der Waals surface area contributed by atoms with Gasteiger partial charge in [0.2, 0.25) is 0 Å². The van der Waals surface area contributed by atoms with Crippen molar-refractivity contribution in [1.29, 1.82) is 0 Å². The standard InChI is InChI=1S/C16H16ClNO3/c1-11(21-15-5-3-4-12(17)10-15)16(19)18-13-6-8-14(20-2)9-7-13/h3-11H,1-2H3,(H,18,19)/t11-/m1/s1. The van der Waals surface area contributed by atoms with Crippen LogP contribution in [0.4, 0.5) is 5.69 Å². The summed E-state index contributed by atoms with van der Waals surface area (Å²) in [5.41, 5.74) is 0.683. The van der Waals surface area contributed by atoms with Gasteiger partial charge in [-0.3, -0.25) is 4.79 Å². The molecule has 0 bridgehead atoms. The van der Waals surface area contributed by atoms with Crippen molar-refractivity contribution in [1.82, 2.24) is 0 Å². The number of anilines is 1. The van der Waals surface area contributed by atoms with Gasteiger partial charge in [0.1, 0.15) is 11.5 Å². The van der Waals surface area contributed by atoms with Crippen molar-refractivity contribution in [3.05, 3.63) is 53.6 Å². The van der Waals surface area contributed by atoms with E-state index >= 15 is 0 Å². The SMILES string of the molecule is COc1ccc(NC(=O)[C@@H](C)Oc2cccc(Cl)c2)cc1. The van der Waals surface area contributed by atoms with Crippen LogP contribution < -0.4 is 14.8 Å². The molecule has 2 aromatic carbocycles. The van der Waals surface area contributed by atoms with E-state index in [-0.39, 0.29) is 5.91 Å². The number of benzene rings is 2. The number of amides is 1. The summed E-state index contributed by atoms with van der Waals surface area (Å²) in [5, 5.41) is 3.34. The summed E-state index contributed by atoms with van der Waals surface area (Å²) in [6.45, 7) is 1.68. The third-order valence-electron chi connectivity index (χ3n) is 2.84. The number of rotatable bonds is 5. The summed E-state index contributed by atoms with van der Waals surface area (Å²) >= 11 is 5.87. The van der Waals surface area contributed by atoms with Crippen molar-refractivity contribution in [2.24, 2.45) is 0 Å². The number of hydrogen-bond donors (Lipinski definition) is 1. The molecule has 0 heterocycles. The fourth-order valence-electron chi connectivity index (χ4n) is 1.72. The zero-order chi connectivity index (χ0) is 15.2. The first-order chi connectivity index (χ1) is 10.1. The molecule has 0 saturated carbocycles. The molecule has 0 aliphatic rings. The van der Waals surface area contributed by atoms with Crippen molar-refractivity contribution < 1.29 is 14.3 Å². The Labute approximate surface area is 128 Å². The summed E-state index contributed by atoms with van der Waals surface area (Å²) in [6, 6.07) is 14.0. The van der Waals surface area contributed by atoms with Crippen LogP contribution >= 0.6 is 11.6 Å². The second-order valence-electron chi connectivity index (χ2n) is 4.44. The van der Waals surface area contributed by atoms with Crippen LogP contribution in [0, 0.1) is 0 Å².